The Morgan fingerprint density at radius 1 is 1.00 bits per heavy atom. The Balaban J connectivity index is 2.29. The predicted molar refractivity (Wildman–Crippen MR) is 83.2 cm³/mol. The zero-order valence-electron chi connectivity index (χ0n) is 12.1. The van der Waals surface area contributed by atoms with E-state index in [4.69, 9.17) is 10.2 Å². The SMILES string of the molecule is Cc1ccc(=O)n(-c2ccc(N(CCO)CCO)cc2)c1. The van der Waals surface area contributed by atoms with Crippen molar-refractivity contribution in [2.75, 3.05) is 31.2 Å². The van der Waals surface area contributed by atoms with Gasteiger partial charge in [-0.2, -0.15) is 0 Å². The molecule has 2 rings (SSSR count). The molecule has 0 fully saturated rings. The first-order valence-corrected chi connectivity index (χ1v) is 6.92. The quantitative estimate of drug-likeness (QED) is 0.830. The molecule has 0 spiro atoms. The molecule has 5 heteroatoms. The molecule has 0 unspecified atom stereocenters. The van der Waals surface area contributed by atoms with Crippen LogP contribution in [-0.4, -0.2) is 41.1 Å². The van der Waals surface area contributed by atoms with E-state index < -0.39 is 0 Å². The van der Waals surface area contributed by atoms with Gasteiger partial charge in [0.15, 0.2) is 0 Å². The van der Waals surface area contributed by atoms with Crippen LogP contribution < -0.4 is 10.5 Å². The second-order valence-corrected chi connectivity index (χ2v) is 4.87. The third-order valence-corrected chi connectivity index (χ3v) is 3.29. The molecule has 0 aliphatic rings. The van der Waals surface area contributed by atoms with Gasteiger partial charge in [-0.25, -0.2) is 0 Å². The molecule has 112 valence electrons. The molecule has 0 saturated heterocycles. The first-order valence-electron chi connectivity index (χ1n) is 6.92. The molecule has 2 aromatic rings. The number of pyridine rings is 1. The first-order chi connectivity index (χ1) is 10.2. The molecule has 1 aromatic heterocycles. The van der Waals surface area contributed by atoms with E-state index in [2.05, 4.69) is 0 Å². The number of anilines is 1. The number of nitrogens with zero attached hydrogens (tertiary/aromatic N) is 2. The van der Waals surface area contributed by atoms with E-state index in [1.807, 2.05) is 36.1 Å². The van der Waals surface area contributed by atoms with Crippen LogP contribution in [0.4, 0.5) is 5.69 Å². The van der Waals surface area contributed by atoms with E-state index in [9.17, 15) is 4.79 Å². The van der Waals surface area contributed by atoms with Crippen LogP contribution in [0.3, 0.4) is 0 Å². The molecule has 0 amide bonds. The van der Waals surface area contributed by atoms with Crippen molar-refractivity contribution in [3.63, 3.8) is 0 Å². The van der Waals surface area contributed by atoms with Crippen LogP contribution in [0.5, 0.6) is 0 Å². The number of benzene rings is 1. The van der Waals surface area contributed by atoms with Crippen molar-refractivity contribution in [2.45, 2.75) is 6.92 Å². The summed E-state index contributed by atoms with van der Waals surface area (Å²) < 4.78 is 1.60. The molecule has 0 aliphatic carbocycles. The van der Waals surface area contributed by atoms with Crippen LogP contribution in [0.2, 0.25) is 0 Å². The van der Waals surface area contributed by atoms with E-state index in [0.29, 0.717) is 13.1 Å². The highest BCUT2D eigenvalue weighted by atomic mass is 16.3. The summed E-state index contributed by atoms with van der Waals surface area (Å²) in [4.78, 5) is 13.8. The summed E-state index contributed by atoms with van der Waals surface area (Å²) in [6.45, 7) is 2.92. The van der Waals surface area contributed by atoms with E-state index in [1.54, 1.807) is 22.9 Å². The van der Waals surface area contributed by atoms with Gasteiger partial charge >= 0.3 is 0 Å². The van der Waals surface area contributed by atoms with Crippen molar-refractivity contribution in [3.05, 3.63) is 58.5 Å². The van der Waals surface area contributed by atoms with Crippen molar-refractivity contribution >= 4 is 5.69 Å². The average molecular weight is 288 g/mol. The monoisotopic (exact) mass is 288 g/mol. The third kappa shape index (κ3) is 3.71. The Morgan fingerprint density at radius 3 is 2.19 bits per heavy atom. The van der Waals surface area contributed by atoms with E-state index in [0.717, 1.165) is 16.9 Å². The molecule has 0 aliphatic heterocycles. The molecule has 1 heterocycles. The summed E-state index contributed by atoms with van der Waals surface area (Å²) in [6, 6.07) is 10.8. The minimum absolute atomic E-state index is 0.0269. The maximum absolute atomic E-state index is 11.9. The average Bonchev–Trinajstić information content (AvgIpc) is 2.50. The summed E-state index contributed by atoms with van der Waals surface area (Å²) in [5.41, 5.74) is 2.64. The number of rotatable bonds is 6. The van der Waals surface area contributed by atoms with E-state index in [-0.39, 0.29) is 18.8 Å². The number of aromatic nitrogens is 1. The zero-order valence-corrected chi connectivity index (χ0v) is 12.1. The van der Waals surface area contributed by atoms with Crippen molar-refractivity contribution in [2.24, 2.45) is 0 Å². The normalized spacial score (nSPS) is 10.6. The van der Waals surface area contributed by atoms with E-state index >= 15 is 0 Å². The third-order valence-electron chi connectivity index (χ3n) is 3.29. The summed E-state index contributed by atoms with van der Waals surface area (Å²) >= 11 is 0. The van der Waals surface area contributed by atoms with Gasteiger partial charge in [-0.15, -0.1) is 0 Å². The summed E-state index contributed by atoms with van der Waals surface area (Å²) in [7, 11) is 0. The van der Waals surface area contributed by atoms with Gasteiger partial charge in [0.2, 0.25) is 0 Å². The second-order valence-electron chi connectivity index (χ2n) is 4.87. The number of aliphatic hydroxyl groups excluding tert-OH is 2. The highest BCUT2D eigenvalue weighted by molar-refractivity contribution is 5.51. The summed E-state index contributed by atoms with van der Waals surface area (Å²) in [5.74, 6) is 0. The fourth-order valence-electron chi connectivity index (χ4n) is 2.23. The summed E-state index contributed by atoms with van der Waals surface area (Å²) in [6.07, 6.45) is 1.80. The lowest BCUT2D eigenvalue weighted by atomic mass is 10.2. The molecule has 0 bridgehead atoms. The number of hydrogen-bond donors (Lipinski definition) is 2. The number of aryl methyl sites for hydroxylation is 1. The van der Waals surface area contributed by atoms with Crippen LogP contribution in [0, 0.1) is 6.92 Å². The smallest absolute Gasteiger partial charge is 0.255 e. The second kappa shape index (κ2) is 7.06. The first kappa shape index (κ1) is 15.3. The molecule has 0 atom stereocenters. The van der Waals surface area contributed by atoms with Gasteiger partial charge in [-0.05, 0) is 36.8 Å². The Hall–Kier alpha value is -2.11. The van der Waals surface area contributed by atoms with Crippen molar-refractivity contribution < 1.29 is 10.2 Å². The Bertz CT molecular complexity index is 629. The lowest BCUT2D eigenvalue weighted by Gasteiger charge is -2.23. The van der Waals surface area contributed by atoms with E-state index in [1.165, 1.54) is 0 Å². The Morgan fingerprint density at radius 2 is 1.62 bits per heavy atom. The zero-order chi connectivity index (χ0) is 15.2. The van der Waals surface area contributed by atoms with Crippen LogP contribution in [0.15, 0.2) is 47.4 Å². The maximum atomic E-state index is 11.9. The number of aliphatic hydroxyl groups is 2. The van der Waals surface area contributed by atoms with Crippen LogP contribution in [0.25, 0.3) is 5.69 Å². The van der Waals surface area contributed by atoms with Gasteiger partial charge in [0.05, 0.1) is 13.2 Å². The lowest BCUT2D eigenvalue weighted by molar-refractivity contribution is 0.281. The molecule has 0 saturated carbocycles. The van der Waals surface area contributed by atoms with Gasteiger partial charge in [0.1, 0.15) is 0 Å². The van der Waals surface area contributed by atoms with Gasteiger partial charge in [-0.1, -0.05) is 6.07 Å². The van der Waals surface area contributed by atoms with Gasteiger partial charge in [-0.3, -0.25) is 9.36 Å². The maximum Gasteiger partial charge on any atom is 0.255 e. The lowest BCUT2D eigenvalue weighted by Crippen LogP contribution is -2.29. The number of hydrogen-bond acceptors (Lipinski definition) is 4. The summed E-state index contributed by atoms with van der Waals surface area (Å²) in [5, 5.41) is 18.1. The van der Waals surface area contributed by atoms with Gasteiger partial charge < -0.3 is 15.1 Å². The molecule has 2 N–H and O–H groups in total. The van der Waals surface area contributed by atoms with Crippen LogP contribution in [-0.2, 0) is 0 Å². The van der Waals surface area contributed by atoms with Crippen molar-refractivity contribution in [3.8, 4) is 5.69 Å². The minimum atomic E-state index is -0.0732. The van der Waals surface area contributed by atoms with Crippen molar-refractivity contribution in [1.29, 1.82) is 0 Å². The van der Waals surface area contributed by atoms with Crippen molar-refractivity contribution in [1.82, 2.24) is 4.57 Å². The molecule has 1 aromatic carbocycles. The van der Waals surface area contributed by atoms with Gasteiger partial charge in [0.25, 0.3) is 5.56 Å². The van der Waals surface area contributed by atoms with Gasteiger partial charge in [0, 0.05) is 36.7 Å². The Kier molecular flexibility index (Phi) is 5.14. The minimum Gasteiger partial charge on any atom is -0.395 e. The van der Waals surface area contributed by atoms with Crippen LogP contribution in [0.1, 0.15) is 5.56 Å². The van der Waals surface area contributed by atoms with Crippen LogP contribution >= 0.6 is 0 Å². The Labute approximate surface area is 123 Å². The molecule has 21 heavy (non-hydrogen) atoms. The molecule has 0 radical (unpaired) electrons. The highest BCUT2D eigenvalue weighted by Gasteiger charge is 2.06. The highest BCUT2D eigenvalue weighted by Crippen LogP contribution is 2.16. The fourth-order valence-corrected chi connectivity index (χ4v) is 2.23. The molecule has 5 nitrogen and oxygen atoms in total. The fraction of sp³-hybridized carbons (Fsp3) is 0.312. The predicted octanol–water partition coefficient (Wildman–Crippen LogP) is 0.937. The molecular formula is C16H20N2O3. The topological polar surface area (TPSA) is 65.7 Å². The largest absolute Gasteiger partial charge is 0.395 e. The molecular weight excluding hydrogens is 268 g/mol. The standard InChI is InChI=1S/C16H20N2O3/c1-13-2-7-16(21)18(12-13)15-5-3-14(4-6-15)17(8-10-19)9-11-20/h2-7,12,19-20H,8-11H2,1H3.